The number of ether oxygens (including phenoxy) is 1. The molecule has 2 aromatic rings. The molecule has 0 amide bonds. The highest BCUT2D eigenvalue weighted by atomic mass is 16.5. The fraction of sp³-hybridized carbons (Fsp3) is 0.300. The van der Waals surface area contributed by atoms with Gasteiger partial charge in [0.15, 0.2) is 5.82 Å². The van der Waals surface area contributed by atoms with Gasteiger partial charge in [-0.1, -0.05) is 23.4 Å². The average molecular weight is 219 g/mol. The third-order valence-electron chi connectivity index (χ3n) is 2.19. The zero-order chi connectivity index (χ0) is 11.4. The quantitative estimate of drug-likeness (QED) is 0.787. The van der Waals surface area contributed by atoms with E-state index < -0.39 is 6.04 Å². The number of aromatic nitrogens is 4. The molecule has 1 aromatic heterocycles. The van der Waals surface area contributed by atoms with E-state index in [-0.39, 0.29) is 0 Å². The van der Waals surface area contributed by atoms with Crippen LogP contribution < -0.4 is 10.5 Å². The van der Waals surface area contributed by atoms with Gasteiger partial charge < -0.3 is 10.5 Å². The average Bonchev–Trinajstić information content (AvgIpc) is 2.83. The number of H-pyrrole nitrogens is 1. The highest BCUT2D eigenvalue weighted by Crippen LogP contribution is 2.25. The van der Waals surface area contributed by atoms with Gasteiger partial charge in [-0.2, -0.15) is 5.21 Å². The minimum absolute atomic E-state index is 0.429. The number of tetrazole rings is 1. The normalized spacial score (nSPS) is 12.4. The number of aromatic amines is 1. The number of para-hydroxylation sites is 1. The first kappa shape index (κ1) is 10.6. The van der Waals surface area contributed by atoms with E-state index in [4.69, 9.17) is 10.5 Å². The Morgan fingerprint density at radius 3 is 2.94 bits per heavy atom. The van der Waals surface area contributed by atoms with Crippen molar-refractivity contribution in [1.82, 2.24) is 20.6 Å². The van der Waals surface area contributed by atoms with Gasteiger partial charge in [-0.3, -0.25) is 0 Å². The zero-order valence-electron chi connectivity index (χ0n) is 8.92. The summed E-state index contributed by atoms with van der Waals surface area (Å²) < 4.78 is 5.49. The third-order valence-corrected chi connectivity index (χ3v) is 2.19. The molecule has 1 heterocycles. The van der Waals surface area contributed by atoms with Crippen LogP contribution in [0.25, 0.3) is 0 Å². The molecule has 6 heteroatoms. The number of hydrogen-bond acceptors (Lipinski definition) is 5. The highest BCUT2D eigenvalue weighted by Gasteiger charge is 2.17. The summed E-state index contributed by atoms with van der Waals surface area (Å²) in [7, 11) is 0. The van der Waals surface area contributed by atoms with E-state index in [1.165, 1.54) is 0 Å². The lowest BCUT2D eigenvalue weighted by atomic mass is 10.1. The molecule has 84 valence electrons. The molecule has 0 aliphatic heterocycles. The summed E-state index contributed by atoms with van der Waals surface area (Å²) in [5.41, 5.74) is 6.88. The van der Waals surface area contributed by atoms with Crippen molar-refractivity contribution in [2.45, 2.75) is 13.0 Å². The Morgan fingerprint density at radius 1 is 1.44 bits per heavy atom. The summed E-state index contributed by atoms with van der Waals surface area (Å²) in [6.45, 7) is 2.52. The largest absolute Gasteiger partial charge is 0.494 e. The van der Waals surface area contributed by atoms with E-state index in [9.17, 15) is 0 Å². The Bertz CT molecular complexity index is 442. The molecule has 0 saturated carbocycles. The molecule has 1 atom stereocenters. The van der Waals surface area contributed by atoms with Crippen LogP contribution in [0.15, 0.2) is 24.3 Å². The van der Waals surface area contributed by atoms with Gasteiger partial charge in [0.25, 0.3) is 0 Å². The summed E-state index contributed by atoms with van der Waals surface area (Å²) in [6.07, 6.45) is 0. The van der Waals surface area contributed by atoms with Crippen LogP contribution in [0.5, 0.6) is 5.75 Å². The second kappa shape index (κ2) is 4.71. The van der Waals surface area contributed by atoms with Crippen LogP contribution in [0.1, 0.15) is 24.4 Å². The number of nitrogens with zero attached hydrogens (tertiary/aromatic N) is 3. The first-order chi connectivity index (χ1) is 7.83. The van der Waals surface area contributed by atoms with Gasteiger partial charge in [0.05, 0.1) is 12.6 Å². The van der Waals surface area contributed by atoms with Crippen LogP contribution in [0, 0.1) is 0 Å². The van der Waals surface area contributed by atoms with Gasteiger partial charge in [-0.05, 0) is 13.0 Å². The number of hydrogen-bond donors (Lipinski definition) is 2. The maximum atomic E-state index is 6.03. The predicted molar refractivity (Wildman–Crippen MR) is 57.8 cm³/mol. The number of nitrogens with two attached hydrogens (primary N) is 1. The van der Waals surface area contributed by atoms with Crippen molar-refractivity contribution in [1.29, 1.82) is 0 Å². The van der Waals surface area contributed by atoms with Gasteiger partial charge in [-0.25, -0.2) is 0 Å². The van der Waals surface area contributed by atoms with Crippen molar-refractivity contribution < 1.29 is 4.74 Å². The van der Waals surface area contributed by atoms with E-state index in [0.717, 1.165) is 11.3 Å². The van der Waals surface area contributed by atoms with Crippen LogP contribution in [0.3, 0.4) is 0 Å². The van der Waals surface area contributed by atoms with Crippen molar-refractivity contribution in [2.75, 3.05) is 6.61 Å². The Hall–Kier alpha value is -1.95. The van der Waals surface area contributed by atoms with E-state index in [2.05, 4.69) is 20.6 Å². The lowest BCUT2D eigenvalue weighted by Gasteiger charge is -2.13. The van der Waals surface area contributed by atoms with Crippen LogP contribution in [-0.4, -0.2) is 27.2 Å². The fourth-order valence-electron chi connectivity index (χ4n) is 1.46. The van der Waals surface area contributed by atoms with Crippen molar-refractivity contribution in [2.24, 2.45) is 5.73 Å². The minimum Gasteiger partial charge on any atom is -0.494 e. The smallest absolute Gasteiger partial charge is 0.195 e. The molecule has 1 unspecified atom stereocenters. The summed E-state index contributed by atoms with van der Waals surface area (Å²) in [6, 6.07) is 7.14. The lowest BCUT2D eigenvalue weighted by Crippen LogP contribution is -2.15. The molecule has 0 fully saturated rings. The van der Waals surface area contributed by atoms with Crippen LogP contribution >= 0.6 is 0 Å². The monoisotopic (exact) mass is 219 g/mol. The molecular weight excluding hydrogens is 206 g/mol. The molecule has 0 spiro atoms. The topological polar surface area (TPSA) is 89.7 Å². The molecule has 0 aliphatic rings. The minimum atomic E-state index is -0.429. The van der Waals surface area contributed by atoms with E-state index in [1.54, 1.807) is 0 Å². The molecular formula is C10H13N5O. The van der Waals surface area contributed by atoms with Crippen molar-refractivity contribution >= 4 is 0 Å². The Kier molecular flexibility index (Phi) is 3.11. The van der Waals surface area contributed by atoms with Crippen molar-refractivity contribution in [3.63, 3.8) is 0 Å². The van der Waals surface area contributed by atoms with E-state index >= 15 is 0 Å². The molecule has 1 aromatic carbocycles. The summed E-state index contributed by atoms with van der Waals surface area (Å²) in [5, 5.41) is 13.6. The fourth-order valence-corrected chi connectivity index (χ4v) is 1.46. The number of benzene rings is 1. The van der Waals surface area contributed by atoms with Crippen LogP contribution in [0.2, 0.25) is 0 Å². The molecule has 0 aliphatic carbocycles. The molecule has 0 bridgehead atoms. The molecule has 0 saturated heterocycles. The third kappa shape index (κ3) is 2.01. The zero-order valence-corrected chi connectivity index (χ0v) is 8.92. The second-order valence-electron chi connectivity index (χ2n) is 3.22. The van der Waals surface area contributed by atoms with Crippen LogP contribution in [-0.2, 0) is 0 Å². The molecule has 0 radical (unpaired) electrons. The maximum absolute atomic E-state index is 6.03. The van der Waals surface area contributed by atoms with Crippen molar-refractivity contribution in [3.8, 4) is 5.75 Å². The molecule has 2 rings (SSSR count). The highest BCUT2D eigenvalue weighted by molar-refractivity contribution is 5.38. The summed E-state index contributed by atoms with van der Waals surface area (Å²) in [4.78, 5) is 0. The molecule has 3 N–H and O–H groups in total. The summed E-state index contributed by atoms with van der Waals surface area (Å²) in [5.74, 6) is 1.20. The van der Waals surface area contributed by atoms with E-state index in [1.807, 2.05) is 31.2 Å². The van der Waals surface area contributed by atoms with Gasteiger partial charge >= 0.3 is 0 Å². The van der Waals surface area contributed by atoms with Gasteiger partial charge in [0, 0.05) is 5.56 Å². The molecule has 16 heavy (non-hydrogen) atoms. The maximum Gasteiger partial charge on any atom is 0.195 e. The first-order valence-corrected chi connectivity index (χ1v) is 5.03. The van der Waals surface area contributed by atoms with Crippen molar-refractivity contribution in [3.05, 3.63) is 35.7 Å². The SMILES string of the molecule is CCOc1ccccc1C(N)c1nn[nH]n1. The Labute approximate surface area is 92.8 Å². The predicted octanol–water partition coefficient (Wildman–Crippen LogP) is 0.646. The summed E-state index contributed by atoms with van der Waals surface area (Å²) >= 11 is 0. The van der Waals surface area contributed by atoms with Gasteiger partial charge in [0.2, 0.25) is 0 Å². The molecule has 6 nitrogen and oxygen atoms in total. The van der Waals surface area contributed by atoms with E-state index in [0.29, 0.717) is 12.4 Å². The number of rotatable bonds is 4. The first-order valence-electron chi connectivity index (χ1n) is 5.03. The number of nitrogens with one attached hydrogen (secondary N) is 1. The van der Waals surface area contributed by atoms with Crippen LogP contribution in [0.4, 0.5) is 0 Å². The van der Waals surface area contributed by atoms with Gasteiger partial charge in [0.1, 0.15) is 5.75 Å². The Morgan fingerprint density at radius 2 is 2.25 bits per heavy atom. The van der Waals surface area contributed by atoms with Gasteiger partial charge in [-0.15, -0.1) is 10.2 Å². The second-order valence-corrected chi connectivity index (χ2v) is 3.22. The lowest BCUT2D eigenvalue weighted by molar-refractivity contribution is 0.335. The Balaban J connectivity index is 2.32. The standard InChI is InChI=1S/C10H13N5O/c1-2-16-8-6-4-3-5-7(8)9(11)10-12-14-15-13-10/h3-6,9H,2,11H2,1H3,(H,12,13,14,15).